The number of aliphatic hydroxyl groups excluding tert-OH is 1. The molecule has 0 radical (unpaired) electrons. The zero-order valence-electron chi connectivity index (χ0n) is 8.57. The van der Waals surface area contributed by atoms with Crippen LogP contribution in [0.4, 0.5) is 0 Å². The van der Waals surface area contributed by atoms with Crippen molar-refractivity contribution in [1.82, 2.24) is 9.78 Å². The summed E-state index contributed by atoms with van der Waals surface area (Å²) in [7, 11) is 1.89. The molecule has 2 unspecified atom stereocenters. The first-order valence-electron chi connectivity index (χ1n) is 4.80. The van der Waals surface area contributed by atoms with Crippen molar-refractivity contribution >= 4 is 0 Å². The van der Waals surface area contributed by atoms with Crippen molar-refractivity contribution in [2.24, 2.45) is 13.0 Å². The van der Waals surface area contributed by atoms with Gasteiger partial charge in [-0.3, -0.25) is 4.68 Å². The molecule has 0 bridgehead atoms. The van der Waals surface area contributed by atoms with Gasteiger partial charge in [0.1, 0.15) is 0 Å². The highest BCUT2D eigenvalue weighted by Crippen LogP contribution is 2.11. The zero-order valence-corrected chi connectivity index (χ0v) is 8.57. The van der Waals surface area contributed by atoms with Gasteiger partial charge in [-0.1, -0.05) is 20.3 Å². The Morgan fingerprint density at radius 2 is 2.31 bits per heavy atom. The van der Waals surface area contributed by atoms with E-state index < -0.39 is 0 Å². The fraction of sp³-hybridized carbons (Fsp3) is 0.700. The third kappa shape index (κ3) is 2.84. The summed E-state index contributed by atoms with van der Waals surface area (Å²) in [6.45, 7) is 4.15. The van der Waals surface area contributed by atoms with Crippen LogP contribution in [-0.4, -0.2) is 21.0 Å². The fourth-order valence-corrected chi connectivity index (χ4v) is 1.26. The molecule has 13 heavy (non-hydrogen) atoms. The molecule has 1 aromatic heterocycles. The van der Waals surface area contributed by atoms with Gasteiger partial charge in [0, 0.05) is 19.7 Å². The predicted octanol–water partition coefficient (Wildman–Crippen LogP) is 1.37. The van der Waals surface area contributed by atoms with E-state index in [1.165, 1.54) is 0 Å². The highest BCUT2D eigenvalue weighted by molar-refractivity contribution is 5.00. The van der Waals surface area contributed by atoms with Crippen molar-refractivity contribution in [3.8, 4) is 0 Å². The Bertz CT molecular complexity index is 257. The van der Waals surface area contributed by atoms with E-state index in [0.29, 0.717) is 12.3 Å². The number of aryl methyl sites for hydroxylation is 1. The minimum Gasteiger partial charge on any atom is -0.392 e. The average molecular weight is 182 g/mol. The highest BCUT2D eigenvalue weighted by Gasteiger charge is 2.13. The molecular formula is C10H18N2O. The van der Waals surface area contributed by atoms with Crippen LogP contribution in [0.1, 0.15) is 26.0 Å². The summed E-state index contributed by atoms with van der Waals surface area (Å²) in [5.74, 6) is 0.349. The Morgan fingerprint density at radius 1 is 1.62 bits per heavy atom. The second kappa shape index (κ2) is 4.42. The van der Waals surface area contributed by atoms with Crippen molar-refractivity contribution in [3.63, 3.8) is 0 Å². The number of hydrogen-bond acceptors (Lipinski definition) is 2. The molecule has 0 amide bonds. The van der Waals surface area contributed by atoms with Gasteiger partial charge in [0.05, 0.1) is 11.8 Å². The summed E-state index contributed by atoms with van der Waals surface area (Å²) in [5.41, 5.74) is 0.968. The Balaban J connectivity index is 2.49. The molecule has 0 aliphatic heterocycles. The first-order valence-corrected chi connectivity index (χ1v) is 4.80. The van der Waals surface area contributed by atoms with E-state index in [1.807, 2.05) is 19.3 Å². The van der Waals surface area contributed by atoms with E-state index in [0.717, 1.165) is 12.1 Å². The van der Waals surface area contributed by atoms with Crippen molar-refractivity contribution < 1.29 is 5.11 Å². The molecule has 0 spiro atoms. The standard InChI is InChI=1S/C10H18N2O/c1-4-8(2)10(13)7-9-5-6-12(3)11-9/h5-6,8,10,13H,4,7H2,1-3H3. The van der Waals surface area contributed by atoms with Crippen LogP contribution in [0.3, 0.4) is 0 Å². The monoisotopic (exact) mass is 182 g/mol. The van der Waals surface area contributed by atoms with Crippen LogP contribution >= 0.6 is 0 Å². The third-order valence-corrected chi connectivity index (χ3v) is 2.49. The molecule has 3 heteroatoms. The van der Waals surface area contributed by atoms with Crippen LogP contribution in [0.25, 0.3) is 0 Å². The van der Waals surface area contributed by atoms with Gasteiger partial charge in [-0.05, 0) is 12.0 Å². The van der Waals surface area contributed by atoms with Crippen LogP contribution < -0.4 is 0 Å². The van der Waals surface area contributed by atoms with E-state index in [9.17, 15) is 5.11 Å². The van der Waals surface area contributed by atoms with Crippen LogP contribution in [0.15, 0.2) is 12.3 Å². The van der Waals surface area contributed by atoms with Gasteiger partial charge in [0.2, 0.25) is 0 Å². The topological polar surface area (TPSA) is 38.0 Å². The fourth-order valence-electron chi connectivity index (χ4n) is 1.26. The van der Waals surface area contributed by atoms with Crippen molar-refractivity contribution in [2.45, 2.75) is 32.8 Å². The van der Waals surface area contributed by atoms with Crippen LogP contribution in [0.5, 0.6) is 0 Å². The van der Waals surface area contributed by atoms with E-state index in [2.05, 4.69) is 18.9 Å². The van der Waals surface area contributed by atoms with Crippen molar-refractivity contribution in [1.29, 1.82) is 0 Å². The minimum absolute atomic E-state index is 0.264. The third-order valence-electron chi connectivity index (χ3n) is 2.49. The molecule has 0 aromatic carbocycles. The molecule has 1 rings (SSSR count). The second-order valence-electron chi connectivity index (χ2n) is 3.64. The zero-order chi connectivity index (χ0) is 9.84. The molecule has 74 valence electrons. The van der Waals surface area contributed by atoms with Gasteiger partial charge < -0.3 is 5.11 Å². The maximum absolute atomic E-state index is 9.73. The summed E-state index contributed by atoms with van der Waals surface area (Å²) < 4.78 is 1.76. The molecule has 1 heterocycles. The number of aliphatic hydroxyl groups is 1. The lowest BCUT2D eigenvalue weighted by Gasteiger charge is -2.15. The Hall–Kier alpha value is -0.830. The minimum atomic E-state index is -0.264. The Morgan fingerprint density at radius 3 is 2.77 bits per heavy atom. The number of hydrogen-bond donors (Lipinski definition) is 1. The summed E-state index contributed by atoms with van der Waals surface area (Å²) in [6, 6.07) is 1.95. The lowest BCUT2D eigenvalue weighted by atomic mass is 9.98. The summed E-state index contributed by atoms with van der Waals surface area (Å²) >= 11 is 0. The van der Waals surface area contributed by atoms with E-state index in [-0.39, 0.29) is 6.10 Å². The second-order valence-corrected chi connectivity index (χ2v) is 3.64. The van der Waals surface area contributed by atoms with E-state index in [1.54, 1.807) is 4.68 Å². The van der Waals surface area contributed by atoms with Crippen LogP contribution in [0, 0.1) is 5.92 Å². The molecule has 1 aromatic rings. The van der Waals surface area contributed by atoms with Gasteiger partial charge >= 0.3 is 0 Å². The van der Waals surface area contributed by atoms with E-state index >= 15 is 0 Å². The molecule has 0 aliphatic carbocycles. The lowest BCUT2D eigenvalue weighted by Crippen LogP contribution is -2.19. The first kappa shape index (κ1) is 10.3. The SMILES string of the molecule is CCC(C)C(O)Cc1ccn(C)n1. The maximum atomic E-state index is 9.73. The smallest absolute Gasteiger partial charge is 0.0650 e. The molecule has 2 atom stereocenters. The normalized spacial score (nSPS) is 15.7. The quantitative estimate of drug-likeness (QED) is 0.763. The number of nitrogens with zero attached hydrogens (tertiary/aromatic N) is 2. The molecule has 0 fully saturated rings. The molecule has 0 saturated carbocycles. The Labute approximate surface area is 79.4 Å². The number of rotatable bonds is 4. The maximum Gasteiger partial charge on any atom is 0.0650 e. The first-order chi connectivity index (χ1) is 6.13. The van der Waals surface area contributed by atoms with Gasteiger partial charge in [0.15, 0.2) is 0 Å². The van der Waals surface area contributed by atoms with Crippen LogP contribution in [0.2, 0.25) is 0 Å². The van der Waals surface area contributed by atoms with Crippen molar-refractivity contribution in [2.75, 3.05) is 0 Å². The molecule has 0 aliphatic rings. The van der Waals surface area contributed by atoms with E-state index in [4.69, 9.17) is 0 Å². The predicted molar refractivity (Wildman–Crippen MR) is 52.4 cm³/mol. The highest BCUT2D eigenvalue weighted by atomic mass is 16.3. The summed E-state index contributed by atoms with van der Waals surface area (Å²) in [5, 5.41) is 14.0. The van der Waals surface area contributed by atoms with Gasteiger partial charge in [-0.15, -0.1) is 0 Å². The van der Waals surface area contributed by atoms with Gasteiger partial charge in [0.25, 0.3) is 0 Å². The van der Waals surface area contributed by atoms with Crippen molar-refractivity contribution in [3.05, 3.63) is 18.0 Å². The number of aromatic nitrogens is 2. The van der Waals surface area contributed by atoms with Gasteiger partial charge in [-0.25, -0.2) is 0 Å². The summed E-state index contributed by atoms with van der Waals surface area (Å²) in [4.78, 5) is 0. The molecular weight excluding hydrogens is 164 g/mol. The molecule has 1 N–H and O–H groups in total. The molecule has 0 saturated heterocycles. The van der Waals surface area contributed by atoms with Gasteiger partial charge in [-0.2, -0.15) is 5.10 Å². The largest absolute Gasteiger partial charge is 0.392 e. The lowest BCUT2D eigenvalue weighted by molar-refractivity contribution is 0.113. The summed E-state index contributed by atoms with van der Waals surface area (Å²) in [6.07, 6.45) is 3.31. The molecule has 3 nitrogen and oxygen atoms in total. The average Bonchev–Trinajstić information content (AvgIpc) is 2.49. The Kier molecular flexibility index (Phi) is 3.48. The van der Waals surface area contributed by atoms with Crippen LogP contribution in [-0.2, 0) is 13.5 Å².